The van der Waals surface area contributed by atoms with Crippen molar-refractivity contribution >= 4 is 11.9 Å². The van der Waals surface area contributed by atoms with Crippen molar-refractivity contribution < 1.29 is 50.1 Å². The molecule has 9 heteroatoms. The summed E-state index contributed by atoms with van der Waals surface area (Å²) in [4.78, 5) is 22.5. The third-order valence-electron chi connectivity index (χ3n) is 5.02. The molecule has 4 rings (SSSR count). The van der Waals surface area contributed by atoms with Gasteiger partial charge >= 0.3 is 20.1 Å². The molecule has 0 saturated heterocycles. The van der Waals surface area contributed by atoms with Crippen LogP contribution in [0, 0.1) is 0 Å². The predicted octanol–water partition coefficient (Wildman–Crippen LogP) is 0.0185. The topological polar surface area (TPSA) is 145 Å². The number of rotatable bonds is 4. The van der Waals surface area contributed by atoms with Gasteiger partial charge in [-0.25, -0.2) is 0 Å². The largest absolute Gasteiger partial charge is 3.00 e. The van der Waals surface area contributed by atoms with Gasteiger partial charge < -0.3 is 40.6 Å². The Bertz CT molecular complexity index is 1020. The van der Waals surface area contributed by atoms with Gasteiger partial charge in [0.15, 0.2) is 0 Å². The van der Waals surface area contributed by atoms with E-state index in [2.05, 4.69) is 10.6 Å². The molecule has 2 heterocycles. The summed E-state index contributed by atoms with van der Waals surface area (Å²) in [5.74, 6) is -2.29. The van der Waals surface area contributed by atoms with Crippen LogP contribution in [0.3, 0.4) is 0 Å². The van der Waals surface area contributed by atoms with E-state index in [1.54, 1.807) is 61.0 Å². The maximum atomic E-state index is 11.2. The van der Waals surface area contributed by atoms with E-state index in [1.807, 2.05) is 0 Å². The first kappa shape index (κ1) is 25.4. The Kier molecular flexibility index (Phi) is 8.23. The Hall–Kier alpha value is -3.81. The summed E-state index contributed by atoms with van der Waals surface area (Å²) < 4.78 is 0. The average molecular weight is 625 g/mol. The summed E-state index contributed by atoms with van der Waals surface area (Å²) in [7, 11) is 0. The van der Waals surface area contributed by atoms with Gasteiger partial charge in [0.1, 0.15) is 22.6 Å². The minimum absolute atomic E-state index is 0. The molecule has 0 radical (unpaired) electrons. The Morgan fingerprint density at radius 3 is 1.21 bits per heavy atom. The van der Waals surface area contributed by atoms with Crippen LogP contribution >= 0.6 is 0 Å². The number of phenolic OH excluding ortho intramolecular Hbond substituents is 2. The molecule has 0 saturated carbocycles. The summed E-state index contributed by atoms with van der Waals surface area (Å²) in [6.07, 6.45) is 12.8. The number of carbonyl (C=O) groups excluding carboxylic acids is 2. The van der Waals surface area contributed by atoms with Crippen LogP contribution in [0.15, 0.2) is 97.4 Å². The maximum Gasteiger partial charge on any atom is 3.00 e. The van der Waals surface area contributed by atoms with Crippen LogP contribution in [0.25, 0.3) is 0 Å². The molecule has 2 atom stereocenters. The van der Waals surface area contributed by atoms with Gasteiger partial charge in [-0.1, -0.05) is 36.4 Å². The van der Waals surface area contributed by atoms with Gasteiger partial charge in [-0.05, 0) is 72.1 Å². The Balaban J connectivity index is 0.000000227. The molecule has 33 heavy (non-hydrogen) atoms. The number of hydrogen-bond donors (Lipinski definition) is 4. The summed E-state index contributed by atoms with van der Waals surface area (Å²) in [6.45, 7) is 0. The van der Waals surface area contributed by atoms with Crippen molar-refractivity contribution in [2.24, 2.45) is 0 Å². The second kappa shape index (κ2) is 10.7. The summed E-state index contributed by atoms with van der Waals surface area (Å²) >= 11 is 0. The van der Waals surface area contributed by atoms with Gasteiger partial charge in [0, 0.05) is 0 Å². The first-order chi connectivity index (χ1) is 15.3. The molecular weight excluding hydrogens is 604 g/mol. The van der Waals surface area contributed by atoms with E-state index >= 15 is 0 Å². The molecule has 2 aliphatic heterocycles. The van der Waals surface area contributed by atoms with Crippen LogP contribution in [-0.2, 0) is 40.8 Å². The van der Waals surface area contributed by atoms with Crippen molar-refractivity contribution in [3.63, 3.8) is 0 Å². The van der Waals surface area contributed by atoms with Gasteiger partial charge in [0.25, 0.3) is 0 Å². The Labute approximate surface area is 203 Å². The predicted molar refractivity (Wildman–Crippen MR) is 112 cm³/mol. The number of phenols is 2. The number of carboxylic acid groups (broad SMARTS) is 2. The molecule has 2 aromatic rings. The molecule has 0 fully saturated rings. The Morgan fingerprint density at radius 1 is 0.636 bits per heavy atom. The molecule has 0 bridgehead atoms. The number of dihydropyridines is 2. The van der Waals surface area contributed by atoms with Gasteiger partial charge in [-0.3, -0.25) is 0 Å². The smallest absolute Gasteiger partial charge is 0.547 e. The van der Waals surface area contributed by atoms with E-state index in [-0.39, 0.29) is 31.6 Å². The number of hydrogen-bond acceptors (Lipinski definition) is 8. The van der Waals surface area contributed by atoms with Crippen molar-refractivity contribution in [2.45, 2.75) is 11.1 Å². The van der Waals surface area contributed by atoms with Crippen molar-refractivity contribution in [1.82, 2.24) is 10.6 Å². The monoisotopic (exact) mass is 625 g/mol. The molecule has 0 spiro atoms. The van der Waals surface area contributed by atoms with E-state index in [4.69, 9.17) is 10.2 Å². The van der Waals surface area contributed by atoms with Gasteiger partial charge in [-0.15, -0.1) is 0 Å². The first-order valence-electron chi connectivity index (χ1n) is 9.56. The summed E-state index contributed by atoms with van der Waals surface area (Å²) in [6, 6.07) is 11.9. The first-order valence-corrected chi connectivity index (χ1v) is 9.56. The third-order valence-corrected chi connectivity index (χ3v) is 5.02. The Morgan fingerprint density at radius 2 is 0.970 bits per heavy atom. The van der Waals surface area contributed by atoms with Crippen LogP contribution in [0.2, 0.25) is 0 Å². The number of allylic oxidation sites excluding steroid dienone is 4. The molecule has 170 valence electrons. The second-order valence-electron chi connectivity index (χ2n) is 7.01. The fraction of sp³-hybridized carbons (Fsp3) is 0.0833. The minimum Gasteiger partial charge on any atom is -0.547 e. The zero-order valence-electron chi connectivity index (χ0n) is 17.1. The van der Waals surface area contributed by atoms with Crippen molar-refractivity contribution in [3.8, 4) is 11.5 Å². The zero-order chi connectivity index (χ0) is 23.2. The third kappa shape index (κ3) is 5.34. The van der Waals surface area contributed by atoms with Gasteiger partial charge in [0.2, 0.25) is 0 Å². The van der Waals surface area contributed by atoms with Crippen molar-refractivity contribution in [2.75, 3.05) is 0 Å². The van der Waals surface area contributed by atoms with Gasteiger partial charge in [-0.2, -0.15) is 0 Å². The van der Waals surface area contributed by atoms with Crippen LogP contribution in [0.4, 0.5) is 0 Å². The quantitative estimate of drug-likeness (QED) is 0.373. The number of carbonyl (C=O) groups is 2. The number of aromatic hydroxyl groups is 2. The van der Waals surface area contributed by atoms with E-state index in [1.165, 1.54) is 36.4 Å². The molecule has 0 amide bonds. The molecule has 2 unspecified atom stereocenters. The second-order valence-corrected chi connectivity index (χ2v) is 7.01. The maximum absolute atomic E-state index is 11.2. The molecule has 4 N–H and O–H groups in total. The molecule has 2 aliphatic rings. The molecule has 0 aromatic heterocycles. The normalized spacial score (nSPS) is 22.1. The van der Waals surface area contributed by atoms with Gasteiger partial charge in [0.05, 0.1) is 11.9 Å². The van der Waals surface area contributed by atoms with E-state index in [0.717, 1.165) is 0 Å². The van der Waals surface area contributed by atoms with E-state index in [9.17, 15) is 19.8 Å². The van der Waals surface area contributed by atoms with Crippen LogP contribution < -0.4 is 20.8 Å². The molecule has 2 aromatic carbocycles. The SMILES string of the molecule is O=C([O-])C1(c2ccc(O)cc2)C=CC=CN1.O=C([O-])C1(c2ccc(O)cc2)C=CC=CN1.[Ir+3]. The molecular formula is C24H20IrN2O6+. The molecule has 8 nitrogen and oxygen atoms in total. The fourth-order valence-corrected chi connectivity index (χ4v) is 3.26. The number of carboxylic acids is 2. The van der Waals surface area contributed by atoms with Crippen LogP contribution in [0.5, 0.6) is 11.5 Å². The van der Waals surface area contributed by atoms with E-state index < -0.39 is 23.0 Å². The number of nitrogens with one attached hydrogen (secondary N) is 2. The summed E-state index contributed by atoms with van der Waals surface area (Å²) in [5.41, 5.74) is -1.71. The van der Waals surface area contributed by atoms with Crippen molar-refractivity contribution in [3.05, 3.63) is 109 Å². The number of aliphatic carboxylic acids is 2. The fourth-order valence-electron chi connectivity index (χ4n) is 3.26. The zero-order valence-corrected chi connectivity index (χ0v) is 19.5. The van der Waals surface area contributed by atoms with E-state index in [0.29, 0.717) is 11.1 Å². The number of benzene rings is 2. The standard InChI is InChI=1S/2C12H11NO3.Ir/c2*14-10-5-3-9(4-6-10)12(11(15)16)7-1-2-8-13-12;/h2*1-8,13-14H,(H,15,16);/q;;+3/p-2. The van der Waals surface area contributed by atoms with Crippen LogP contribution in [-0.4, -0.2) is 22.2 Å². The molecule has 0 aliphatic carbocycles. The van der Waals surface area contributed by atoms with Crippen LogP contribution in [0.1, 0.15) is 11.1 Å². The minimum atomic E-state index is -1.36. The van der Waals surface area contributed by atoms with Crippen molar-refractivity contribution in [1.29, 1.82) is 0 Å². The summed E-state index contributed by atoms with van der Waals surface area (Å²) in [5, 5.41) is 46.3. The average Bonchev–Trinajstić information content (AvgIpc) is 2.81.